The Morgan fingerprint density at radius 1 is 1.35 bits per heavy atom. The van der Waals surface area contributed by atoms with Crippen molar-refractivity contribution in [2.75, 3.05) is 6.26 Å². The van der Waals surface area contributed by atoms with Gasteiger partial charge in [0.1, 0.15) is 5.75 Å². The number of benzene rings is 1. The zero-order valence-electron chi connectivity index (χ0n) is 10.8. The highest BCUT2D eigenvalue weighted by atomic mass is 79.9. The van der Waals surface area contributed by atoms with Crippen molar-refractivity contribution in [2.24, 2.45) is 5.10 Å². The van der Waals surface area contributed by atoms with Crippen LogP contribution in [-0.2, 0) is 6.42 Å². The zero-order chi connectivity index (χ0) is 14.7. The Balaban J connectivity index is 2.36. The Hall–Kier alpha value is -0.860. The molecule has 0 saturated carbocycles. The van der Waals surface area contributed by atoms with Gasteiger partial charge in [0.05, 0.1) is 15.2 Å². The number of aromatic hydroxyl groups is 1. The second-order valence-corrected chi connectivity index (χ2v) is 6.33. The molecule has 0 aliphatic heterocycles. The lowest BCUT2D eigenvalue weighted by molar-refractivity contribution is 0.468. The Morgan fingerprint density at radius 3 is 2.55 bits per heavy atom. The van der Waals surface area contributed by atoms with Gasteiger partial charge in [-0.2, -0.15) is 9.78 Å². The normalized spacial score (nSPS) is 11.4. The van der Waals surface area contributed by atoms with E-state index < -0.39 is 0 Å². The van der Waals surface area contributed by atoms with Gasteiger partial charge in [-0.15, -0.1) is 10.2 Å². The fourth-order valence-electron chi connectivity index (χ4n) is 1.54. The number of rotatable bonds is 4. The van der Waals surface area contributed by atoms with Crippen molar-refractivity contribution in [2.45, 2.75) is 18.5 Å². The highest BCUT2D eigenvalue weighted by Gasteiger charge is 2.09. The molecule has 1 aromatic carbocycles. The second kappa shape index (κ2) is 6.73. The molecule has 0 unspecified atom stereocenters. The summed E-state index contributed by atoms with van der Waals surface area (Å²) in [6.07, 6.45) is 4.40. The first kappa shape index (κ1) is 15.5. The van der Waals surface area contributed by atoms with Crippen LogP contribution in [0.2, 0.25) is 0 Å². The van der Waals surface area contributed by atoms with Gasteiger partial charge in [-0.1, -0.05) is 18.7 Å². The maximum Gasteiger partial charge on any atom is 0.211 e. The quantitative estimate of drug-likeness (QED) is 0.606. The number of nitrogens with zero attached hydrogens (tertiary/aromatic N) is 4. The number of aryl methyl sites for hydroxylation is 1. The van der Waals surface area contributed by atoms with Gasteiger partial charge in [-0.3, -0.25) is 0 Å². The molecule has 5 nitrogen and oxygen atoms in total. The van der Waals surface area contributed by atoms with E-state index in [1.54, 1.807) is 23.0 Å². The maximum absolute atomic E-state index is 9.68. The van der Waals surface area contributed by atoms with Gasteiger partial charge >= 0.3 is 0 Å². The monoisotopic (exact) mass is 418 g/mol. The molecule has 20 heavy (non-hydrogen) atoms. The van der Waals surface area contributed by atoms with Crippen LogP contribution in [0, 0.1) is 0 Å². The number of halogens is 2. The number of phenols is 1. The van der Waals surface area contributed by atoms with Gasteiger partial charge in [0.15, 0.2) is 5.82 Å². The van der Waals surface area contributed by atoms with Gasteiger partial charge in [0.2, 0.25) is 5.16 Å². The van der Waals surface area contributed by atoms with E-state index >= 15 is 0 Å². The lowest BCUT2D eigenvalue weighted by Crippen LogP contribution is -1.98. The van der Waals surface area contributed by atoms with Crippen molar-refractivity contribution < 1.29 is 5.11 Å². The third-order valence-electron chi connectivity index (χ3n) is 2.54. The Bertz CT molecular complexity index is 612. The third-order valence-corrected chi connectivity index (χ3v) is 4.37. The molecular weight excluding hydrogens is 408 g/mol. The van der Waals surface area contributed by atoms with Crippen molar-refractivity contribution in [3.8, 4) is 5.75 Å². The number of hydrogen-bond acceptors (Lipinski definition) is 5. The van der Waals surface area contributed by atoms with E-state index in [4.69, 9.17) is 0 Å². The van der Waals surface area contributed by atoms with Crippen LogP contribution in [0.25, 0.3) is 0 Å². The van der Waals surface area contributed by atoms with Crippen LogP contribution < -0.4 is 0 Å². The first-order valence-electron chi connectivity index (χ1n) is 5.77. The Kier molecular flexibility index (Phi) is 5.22. The second-order valence-electron chi connectivity index (χ2n) is 3.85. The van der Waals surface area contributed by atoms with E-state index in [-0.39, 0.29) is 5.75 Å². The minimum absolute atomic E-state index is 0.172. The average molecular weight is 420 g/mol. The molecule has 1 N–H and O–H groups in total. The van der Waals surface area contributed by atoms with Crippen LogP contribution in [0.4, 0.5) is 0 Å². The van der Waals surface area contributed by atoms with Gasteiger partial charge < -0.3 is 5.11 Å². The topological polar surface area (TPSA) is 63.3 Å². The molecule has 0 fully saturated rings. The summed E-state index contributed by atoms with van der Waals surface area (Å²) in [5.41, 5.74) is 0.851. The third kappa shape index (κ3) is 3.24. The van der Waals surface area contributed by atoms with Crippen LogP contribution in [0.1, 0.15) is 18.3 Å². The fraction of sp³-hybridized carbons (Fsp3) is 0.250. The van der Waals surface area contributed by atoms with E-state index in [0.29, 0.717) is 8.95 Å². The van der Waals surface area contributed by atoms with Gasteiger partial charge in [-0.25, -0.2) is 0 Å². The largest absolute Gasteiger partial charge is 0.506 e. The first-order chi connectivity index (χ1) is 9.56. The predicted octanol–water partition coefficient (Wildman–Crippen LogP) is 3.68. The van der Waals surface area contributed by atoms with E-state index in [1.807, 2.05) is 13.2 Å². The summed E-state index contributed by atoms with van der Waals surface area (Å²) in [5, 5.41) is 23.0. The molecule has 0 aliphatic rings. The van der Waals surface area contributed by atoms with Crippen molar-refractivity contribution in [3.05, 3.63) is 32.5 Å². The van der Waals surface area contributed by atoms with Crippen molar-refractivity contribution in [3.63, 3.8) is 0 Å². The van der Waals surface area contributed by atoms with Crippen molar-refractivity contribution in [1.82, 2.24) is 14.9 Å². The highest BCUT2D eigenvalue weighted by Crippen LogP contribution is 2.32. The summed E-state index contributed by atoms with van der Waals surface area (Å²) in [6.45, 7) is 2.01. The van der Waals surface area contributed by atoms with Crippen LogP contribution in [-0.4, -0.2) is 32.5 Å². The SMILES string of the molecule is CCc1nnc(SC)n1/N=C\c1cc(Br)c(O)c(Br)c1. The number of hydrogen-bond donors (Lipinski definition) is 1. The molecule has 8 heteroatoms. The maximum atomic E-state index is 9.68. The molecule has 106 valence electrons. The summed E-state index contributed by atoms with van der Waals surface area (Å²) >= 11 is 8.08. The highest BCUT2D eigenvalue weighted by molar-refractivity contribution is 9.11. The van der Waals surface area contributed by atoms with Crippen molar-refractivity contribution >= 4 is 49.8 Å². The number of thioether (sulfide) groups is 1. The molecule has 0 atom stereocenters. The summed E-state index contributed by atoms with van der Waals surface area (Å²) in [4.78, 5) is 0. The predicted molar refractivity (Wildman–Crippen MR) is 87.7 cm³/mol. The summed E-state index contributed by atoms with van der Waals surface area (Å²) in [7, 11) is 0. The van der Waals surface area contributed by atoms with Crippen LogP contribution in [0.3, 0.4) is 0 Å². The molecule has 0 amide bonds. The summed E-state index contributed by atoms with van der Waals surface area (Å²) < 4.78 is 2.94. The lowest BCUT2D eigenvalue weighted by Gasteiger charge is -2.03. The standard InChI is InChI=1S/C12H12Br2N4OS/c1-3-10-16-17-12(20-2)18(10)15-6-7-4-8(13)11(19)9(14)5-7/h4-6,19H,3H2,1-2H3/b15-6-. The van der Waals surface area contributed by atoms with Gasteiger partial charge in [-0.05, 0) is 55.8 Å². The molecule has 0 bridgehead atoms. The zero-order valence-corrected chi connectivity index (χ0v) is 14.8. The fourth-order valence-corrected chi connectivity index (χ4v) is 3.21. The van der Waals surface area contributed by atoms with Gasteiger partial charge in [0.25, 0.3) is 0 Å². The Morgan fingerprint density at radius 2 is 2.00 bits per heavy atom. The number of aromatic nitrogens is 3. The van der Waals surface area contributed by atoms with Crippen LogP contribution in [0.5, 0.6) is 5.75 Å². The molecule has 1 heterocycles. The minimum Gasteiger partial charge on any atom is -0.506 e. The molecule has 0 spiro atoms. The van der Waals surface area contributed by atoms with Crippen molar-refractivity contribution in [1.29, 1.82) is 0 Å². The Labute approximate surface area is 137 Å². The minimum atomic E-state index is 0.172. The van der Waals surface area contributed by atoms with E-state index in [0.717, 1.165) is 23.0 Å². The van der Waals surface area contributed by atoms with E-state index in [1.165, 1.54) is 11.8 Å². The molecule has 2 rings (SSSR count). The lowest BCUT2D eigenvalue weighted by atomic mass is 10.2. The molecule has 1 aromatic heterocycles. The van der Waals surface area contributed by atoms with E-state index in [2.05, 4.69) is 47.2 Å². The molecule has 0 aliphatic carbocycles. The van der Waals surface area contributed by atoms with Crippen LogP contribution in [0.15, 0.2) is 31.3 Å². The van der Waals surface area contributed by atoms with Gasteiger partial charge in [0, 0.05) is 6.42 Å². The van der Waals surface area contributed by atoms with Crippen LogP contribution >= 0.6 is 43.6 Å². The van der Waals surface area contributed by atoms with E-state index in [9.17, 15) is 5.11 Å². The smallest absolute Gasteiger partial charge is 0.211 e. The molecular formula is C12H12Br2N4OS. The summed E-state index contributed by atoms with van der Waals surface area (Å²) in [5.74, 6) is 0.980. The number of phenolic OH excluding ortho intramolecular Hbond substituents is 1. The molecule has 0 saturated heterocycles. The molecule has 2 aromatic rings. The summed E-state index contributed by atoms with van der Waals surface area (Å²) in [6, 6.07) is 3.58. The average Bonchev–Trinajstić information content (AvgIpc) is 2.84. The molecule has 0 radical (unpaired) electrons. The first-order valence-corrected chi connectivity index (χ1v) is 8.58.